The van der Waals surface area contributed by atoms with Gasteiger partial charge in [0.15, 0.2) is 0 Å². The molecule has 1 aliphatic rings. The van der Waals surface area contributed by atoms with Crippen molar-refractivity contribution in [3.05, 3.63) is 58.1 Å². The summed E-state index contributed by atoms with van der Waals surface area (Å²) < 4.78 is 0. The summed E-state index contributed by atoms with van der Waals surface area (Å²) in [6.45, 7) is 4.84. The zero-order valence-corrected chi connectivity index (χ0v) is 14.4. The van der Waals surface area contributed by atoms with Crippen LogP contribution in [0.25, 0.3) is 0 Å². The number of carbonyl (C=O) groups is 1. The fourth-order valence-corrected chi connectivity index (χ4v) is 2.89. The van der Waals surface area contributed by atoms with Gasteiger partial charge in [-0.1, -0.05) is 55.2 Å². The van der Waals surface area contributed by atoms with Crippen molar-refractivity contribution in [2.45, 2.75) is 13.8 Å². The first-order chi connectivity index (χ1) is 11.0. The number of halogens is 2. The monoisotopic (exact) mass is 346 g/mol. The number of para-hydroxylation sites is 1. The summed E-state index contributed by atoms with van der Waals surface area (Å²) in [4.78, 5) is 19.1. The fraction of sp³-hybridized carbons (Fsp3) is 0.222. The van der Waals surface area contributed by atoms with Crippen LogP contribution in [-0.4, -0.2) is 18.2 Å². The first kappa shape index (κ1) is 16.0. The van der Waals surface area contributed by atoms with Gasteiger partial charge in [-0.3, -0.25) is 4.79 Å². The van der Waals surface area contributed by atoms with Crippen LogP contribution >= 0.6 is 23.2 Å². The molecule has 0 saturated heterocycles. The minimum Gasteiger partial charge on any atom is -0.306 e. The van der Waals surface area contributed by atoms with Crippen LogP contribution in [0, 0.1) is 5.92 Å². The molecule has 23 heavy (non-hydrogen) atoms. The molecular formula is C18H16Cl2N2O. The Morgan fingerprint density at radius 2 is 1.83 bits per heavy atom. The van der Waals surface area contributed by atoms with Gasteiger partial charge in [-0.25, -0.2) is 4.99 Å². The van der Waals surface area contributed by atoms with E-state index >= 15 is 0 Å². The van der Waals surface area contributed by atoms with Gasteiger partial charge in [0, 0.05) is 12.1 Å². The number of carbonyl (C=O) groups excluding carboxylic acids is 1. The van der Waals surface area contributed by atoms with Gasteiger partial charge in [-0.15, -0.1) is 0 Å². The lowest BCUT2D eigenvalue weighted by Crippen LogP contribution is -2.33. The van der Waals surface area contributed by atoms with Crippen molar-refractivity contribution < 1.29 is 4.79 Å². The van der Waals surface area contributed by atoms with Crippen molar-refractivity contribution in [2.24, 2.45) is 10.9 Å². The second-order valence-corrected chi connectivity index (χ2v) is 6.70. The highest BCUT2D eigenvalue weighted by molar-refractivity contribution is 6.54. The molecule has 0 aliphatic carbocycles. The van der Waals surface area contributed by atoms with E-state index < -0.39 is 0 Å². The van der Waals surface area contributed by atoms with Gasteiger partial charge >= 0.3 is 0 Å². The largest absolute Gasteiger partial charge is 0.306 e. The van der Waals surface area contributed by atoms with Gasteiger partial charge in [-0.05, 0) is 30.2 Å². The fourth-order valence-electron chi connectivity index (χ4n) is 2.60. The van der Waals surface area contributed by atoms with Gasteiger partial charge in [0.05, 0.1) is 21.4 Å². The van der Waals surface area contributed by atoms with Crippen LogP contribution < -0.4 is 4.90 Å². The summed E-state index contributed by atoms with van der Waals surface area (Å²) in [7, 11) is 0. The molecular weight excluding hydrogens is 331 g/mol. The summed E-state index contributed by atoms with van der Waals surface area (Å²) in [5.74, 6) is 0.294. The molecule has 0 spiro atoms. The maximum absolute atomic E-state index is 12.8. The third kappa shape index (κ3) is 3.12. The molecule has 2 aromatic carbocycles. The van der Waals surface area contributed by atoms with Crippen LogP contribution in [0.4, 0.5) is 11.4 Å². The Morgan fingerprint density at radius 3 is 2.52 bits per heavy atom. The third-order valence-electron chi connectivity index (χ3n) is 3.59. The lowest BCUT2D eigenvalue weighted by molar-refractivity contribution is -0.112. The van der Waals surface area contributed by atoms with Crippen molar-refractivity contribution in [3.8, 4) is 0 Å². The standard InChI is InChI=1S/C18H16Cl2N2O/c1-11(2)10-22-16-6-4-3-5-13(16)17(18(22)23)21-12-7-8-14(19)15(20)9-12/h3-9,11H,10H2,1-2H3. The van der Waals surface area contributed by atoms with E-state index in [1.807, 2.05) is 24.3 Å². The topological polar surface area (TPSA) is 32.7 Å². The molecule has 0 atom stereocenters. The lowest BCUT2D eigenvalue weighted by Gasteiger charge is -2.18. The summed E-state index contributed by atoms with van der Waals surface area (Å²) in [5.41, 5.74) is 2.82. The van der Waals surface area contributed by atoms with Crippen molar-refractivity contribution in [1.29, 1.82) is 0 Å². The first-order valence-electron chi connectivity index (χ1n) is 7.42. The molecule has 0 aromatic heterocycles. The smallest absolute Gasteiger partial charge is 0.277 e. The molecule has 118 valence electrons. The third-order valence-corrected chi connectivity index (χ3v) is 4.33. The minimum absolute atomic E-state index is 0.0778. The first-order valence-corrected chi connectivity index (χ1v) is 8.18. The van der Waals surface area contributed by atoms with E-state index in [-0.39, 0.29) is 5.91 Å². The zero-order valence-electron chi connectivity index (χ0n) is 12.9. The Labute approximate surface area is 145 Å². The van der Waals surface area contributed by atoms with Gasteiger partial charge < -0.3 is 4.90 Å². The van der Waals surface area contributed by atoms with Crippen LogP contribution in [0.2, 0.25) is 10.0 Å². The Morgan fingerprint density at radius 1 is 1.09 bits per heavy atom. The van der Waals surface area contributed by atoms with E-state index in [0.29, 0.717) is 33.9 Å². The number of nitrogens with zero attached hydrogens (tertiary/aromatic N) is 2. The molecule has 5 heteroatoms. The van der Waals surface area contributed by atoms with Crippen LogP contribution in [0.3, 0.4) is 0 Å². The number of aliphatic imine (C=N–C) groups is 1. The molecule has 1 amide bonds. The lowest BCUT2D eigenvalue weighted by atomic mass is 10.1. The average molecular weight is 347 g/mol. The van der Waals surface area contributed by atoms with Gasteiger partial charge in [0.2, 0.25) is 0 Å². The molecule has 2 aromatic rings. The van der Waals surface area contributed by atoms with Gasteiger partial charge in [-0.2, -0.15) is 0 Å². The van der Waals surface area contributed by atoms with E-state index in [9.17, 15) is 4.79 Å². The molecule has 3 nitrogen and oxygen atoms in total. The normalized spacial score (nSPS) is 15.6. The second-order valence-electron chi connectivity index (χ2n) is 5.89. The molecule has 0 bridgehead atoms. The second kappa shape index (κ2) is 6.34. The molecule has 0 radical (unpaired) electrons. The van der Waals surface area contributed by atoms with Crippen LogP contribution in [0.15, 0.2) is 47.5 Å². The molecule has 0 N–H and O–H groups in total. The Hall–Kier alpha value is -1.84. The molecule has 3 rings (SSSR count). The average Bonchev–Trinajstić information content (AvgIpc) is 2.76. The molecule has 1 aliphatic heterocycles. The highest BCUT2D eigenvalue weighted by atomic mass is 35.5. The number of benzene rings is 2. The van der Waals surface area contributed by atoms with Crippen LogP contribution in [-0.2, 0) is 4.79 Å². The molecule has 0 saturated carbocycles. The summed E-state index contributed by atoms with van der Waals surface area (Å²) in [6, 6.07) is 12.8. The van der Waals surface area contributed by atoms with Gasteiger partial charge in [0.25, 0.3) is 5.91 Å². The summed E-state index contributed by atoms with van der Waals surface area (Å²) in [6.07, 6.45) is 0. The predicted octanol–water partition coefficient (Wildman–Crippen LogP) is 5.12. The van der Waals surface area contributed by atoms with E-state index in [2.05, 4.69) is 18.8 Å². The quantitative estimate of drug-likeness (QED) is 0.759. The van der Waals surface area contributed by atoms with Crippen molar-refractivity contribution in [2.75, 3.05) is 11.4 Å². The maximum Gasteiger partial charge on any atom is 0.277 e. The Balaban J connectivity index is 2.07. The summed E-state index contributed by atoms with van der Waals surface area (Å²) >= 11 is 12.0. The number of hydrogen-bond acceptors (Lipinski definition) is 2. The number of anilines is 1. The maximum atomic E-state index is 12.8. The van der Waals surface area contributed by atoms with E-state index in [1.165, 1.54) is 0 Å². The molecule has 0 fully saturated rings. The van der Waals surface area contributed by atoms with Crippen molar-refractivity contribution in [3.63, 3.8) is 0 Å². The van der Waals surface area contributed by atoms with Crippen LogP contribution in [0.5, 0.6) is 0 Å². The minimum atomic E-state index is -0.0778. The Bertz CT molecular complexity index is 799. The molecule has 1 heterocycles. The number of fused-ring (bicyclic) bond motifs is 1. The predicted molar refractivity (Wildman–Crippen MR) is 96.3 cm³/mol. The van der Waals surface area contributed by atoms with E-state index in [4.69, 9.17) is 23.2 Å². The van der Waals surface area contributed by atoms with E-state index in [1.54, 1.807) is 23.1 Å². The summed E-state index contributed by atoms with van der Waals surface area (Å²) in [5, 5.41) is 0.890. The van der Waals surface area contributed by atoms with Crippen molar-refractivity contribution in [1.82, 2.24) is 0 Å². The highest BCUT2D eigenvalue weighted by Gasteiger charge is 2.33. The number of hydrogen-bond donors (Lipinski definition) is 0. The van der Waals surface area contributed by atoms with Crippen molar-refractivity contribution >= 4 is 46.2 Å². The number of amides is 1. The number of rotatable bonds is 3. The molecule has 0 unspecified atom stereocenters. The SMILES string of the molecule is CC(C)CN1C(=O)C(=Nc2ccc(Cl)c(Cl)c2)c2ccccc21. The van der Waals surface area contributed by atoms with Crippen LogP contribution in [0.1, 0.15) is 19.4 Å². The zero-order chi connectivity index (χ0) is 16.6. The van der Waals surface area contributed by atoms with E-state index in [0.717, 1.165) is 11.3 Å². The Kier molecular flexibility index (Phi) is 4.42. The highest BCUT2D eigenvalue weighted by Crippen LogP contribution is 2.32. The van der Waals surface area contributed by atoms with Gasteiger partial charge in [0.1, 0.15) is 5.71 Å².